The van der Waals surface area contributed by atoms with Gasteiger partial charge in [0.25, 0.3) is 0 Å². The number of aliphatic hydroxyl groups excluding tert-OH is 1. The Morgan fingerprint density at radius 1 is 1.24 bits per heavy atom. The summed E-state index contributed by atoms with van der Waals surface area (Å²) in [6.07, 6.45) is 0.504. The highest BCUT2D eigenvalue weighted by molar-refractivity contribution is 7.07. The van der Waals surface area contributed by atoms with Crippen LogP contribution in [0.2, 0.25) is 0 Å². The lowest BCUT2D eigenvalue weighted by atomic mass is 10.2. The molecule has 0 bridgehead atoms. The molecule has 0 aliphatic rings. The molecule has 0 spiro atoms. The van der Waals surface area contributed by atoms with Crippen molar-refractivity contribution in [1.82, 2.24) is 5.32 Å². The Kier molecular flexibility index (Phi) is 6.23. The third kappa shape index (κ3) is 5.16. The summed E-state index contributed by atoms with van der Waals surface area (Å²) in [5.41, 5.74) is 2.54. The van der Waals surface area contributed by atoms with Crippen molar-refractivity contribution < 1.29 is 9.84 Å². The van der Waals surface area contributed by atoms with Crippen LogP contribution < -0.4 is 10.1 Å². The Bertz CT molecular complexity index is 510. The Balaban J connectivity index is 1.70. The van der Waals surface area contributed by atoms with Crippen LogP contribution in [0.5, 0.6) is 5.75 Å². The number of hydrogen-bond donors (Lipinski definition) is 2. The molecule has 21 heavy (non-hydrogen) atoms. The molecule has 0 radical (unpaired) electrons. The first-order valence-corrected chi connectivity index (χ1v) is 8.28. The summed E-state index contributed by atoms with van der Waals surface area (Å²) in [5, 5.41) is 17.5. The SMILES string of the molecule is CCc1ccc(OCC(O)CNC(C)c2ccsc2)cc1. The van der Waals surface area contributed by atoms with Gasteiger partial charge in [0.1, 0.15) is 18.5 Å². The number of rotatable bonds is 8. The summed E-state index contributed by atoms with van der Waals surface area (Å²) in [4.78, 5) is 0. The van der Waals surface area contributed by atoms with Crippen molar-refractivity contribution in [3.05, 3.63) is 52.2 Å². The van der Waals surface area contributed by atoms with E-state index in [-0.39, 0.29) is 6.04 Å². The quantitative estimate of drug-likeness (QED) is 0.785. The zero-order valence-corrected chi connectivity index (χ0v) is 13.4. The summed E-state index contributed by atoms with van der Waals surface area (Å²) < 4.78 is 5.60. The van der Waals surface area contributed by atoms with Gasteiger partial charge in [-0.2, -0.15) is 11.3 Å². The molecule has 114 valence electrons. The fourth-order valence-electron chi connectivity index (χ4n) is 2.02. The highest BCUT2D eigenvalue weighted by Crippen LogP contribution is 2.15. The zero-order valence-electron chi connectivity index (χ0n) is 12.6. The second-order valence-electron chi connectivity index (χ2n) is 5.15. The molecule has 0 saturated heterocycles. The van der Waals surface area contributed by atoms with Gasteiger partial charge in [0.15, 0.2) is 0 Å². The second kappa shape index (κ2) is 8.17. The monoisotopic (exact) mass is 305 g/mol. The van der Waals surface area contributed by atoms with Gasteiger partial charge in [-0.25, -0.2) is 0 Å². The molecule has 0 saturated carbocycles. The first-order valence-electron chi connectivity index (χ1n) is 7.34. The highest BCUT2D eigenvalue weighted by atomic mass is 32.1. The summed E-state index contributed by atoms with van der Waals surface area (Å²) in [6.45, 7) is 5.04. The van der Waals surface area contributed by atoms with Gasteiger partial charge in [-0.1, -0.05) is 19.1 Å². The molecule has 0 amide bonds. The van der Waals surface area contributed by atoms with Crippen LogP contribution in [0.25, 0.3) is 0 Å². The minimum absolute atomic E-state index is 0.245. The summed E-state index contributed by atoms with van der Waals surface area (Å²) in [5.74, 6) is 0.803. The van der Waals surface area contributed by atoms with Crippen molar-refractivity contribution in [2.75, 3.05) is 13.2 Å². The van der Waals surface area contributed by atoms with Crippen molar-refractivity contribution in [2.24, 2.45) is 0 Å². The van der Waals surface area contributed by atoms with E-state index in [1.807, 2.05) is 12.1 Å². The predicted octanol–water partition coefficient (Wildman–Crippen LogP) is 3.40. The average Bonchev–Trinajstić information content (AvgIpc) is 3.05. The van der Waals surface area contributed by atoms with E-state index in [0.717, 1.165) is 12.2 Å². The Hall–Kier alpha value is -1.36. The maximum atomic E-state index is 9.97. The van der Waals surface area contributed by atoms with Crippen LogP contribution in [0, 0.1) is 0 Å². The summed E-state index contributed by atoms with van der Waals surface area (Å²) >= 11 is 1.69. The molecule has 0 aliphatic carbocycles. The normalized spacial score (nSPS) is 13.9. The van der Waals surface area contributed by atoms with E-state index >= 15 is 0 Å². The molecule has 0 fully saturated rings. The van der Waals surface area contributed by atoms with Gasteiger partial charge >= 0.3 is 0 Å². The molecule has 0 aliphatic heterocycles. The molecule has 1 aromatic carbocycles. The van der Waals surface area contributed by atoms with Gasteiger partial charge in [-0.3, -0.25) is 0 Å². The summed E-state index contributed by atoms with van der Waals surface area (Å²) in [7, 11) is 0. The van der Waals surface area contributed by atoms with Gasteiger partial charge < -0.3 is 15.2 Å². The largest absolute Gasteiger partial charge is 0.491 e. The molecule has 1 heterocycles. The maximum absolute atomic E-state index is 9.97. The van der Waals surface area contributed by atoms with E-state index < -0.39 is 6.10 Å². The first kappa shape index (κ1) is 16.0. The molecular weight excluding hydrogens is 282 g/mol. The molecule has 2 aromatic rings. The Morgan fingerprint density at radius 3 is 2.62 bits per heavy atom. The van der Waals surface area contributed by atoms with Crippen LogP contribution >= 0.6 is 11.3 Å². The lowest BCUT2D eigenvalue weighted by molar-refractivity contribution is 0.104. The number of benzene rings is 1. The first-order chi connectivity index (χ1) is 10.2. The molecular formula is C17H23NO2S. The number of nitrogens with one attached hydrogen (secondary N) is 1. The topological polar surface area (TPSA) is 41.5 Å². The average molecular weight is 305 g/mol. The number of thiophene rings is 1. The van der Waals surface area contributed by atoms with Gasteiger partial charge in [0.2, 0.25) is 0 Å². The number of hydrogen-bond acceptors (Lipinski definition) is 4. The number of aryl methyl sites for hydroxylation is 1. The van der Waals surface area contributed by atoms with E-state index in [2.05, 4.69) is 48.1 Å². The minimum atomic E-state index is -0.517. The minimum Gasteiger partial charge on any atom is -0.491 e. The van der Waals surface area contributed by atoms with Crippen molar-refractivity contribution >= 4 is 11.3 Å². The standard InChI is InChI=1S/C17H23NO2S/c1-3-14-4-6-17(7-5-14)20-11-16(19)10-18-13(2)15-8-9-21-12-15/h4-9,12-13,16,18-19H,3,10-11H2,1-2H3. The Labute approximate surface area is 130 Å². The maximum Gasteiger partial charge on any atom is 0.119 e. The third-order valence-corrected chi connectivity index (χ3v) is 4.18. The van der Waals surface area contributed by atoms with E-state index in [1.165, 1.54) is 11.1 Å². The van der Waals surface area contributed by atoms with Gasteiger partial charge in [0.05, 0.1) is 0 Å². The molecule has 2 N–H and O–H groups in total. The highest BCUT2D eigenvalue weighted by Gasteiger charge is 2.09. The van der Waals surface area contributed by atoms with Gasteiger partial charge in [-0.15, -0.1) is 0 Å². The predicted molar refractivity (Wildman–Crippen MR) is 88.1 cm³/mol. The molecule has 2 rings (SSSR count). The van der Waals surface area contributed by atoms with Crippen LogP contribution in [0.1, 0.15) is 31.0 Å². The van der Waals surface area contributed by atoms with Gasteiger partial charge in [0, 0.05) is 12.6 Å². The number of aliphatic hydroxyl groups is 1. The van der Waals surface area contributed by atoms with Crippen LogP contribution in [-0.2, 0) is 6.42 Å². The lowest BCUT2D eigenvalue weighted by Crippen LogP contribution is -2.32. The van der Waals surface area contributed by atoms with Crippen molar-refractivity contribution in [1.29, 1.82) is 0 Å². The van der Waals surface area contributed by atoms with Crippen LogP contribution in [0.15, 0.2) is 41.1 Å². The molecule has 3 nitrogen and oxygen atoms in total. The fourth-order valence-corrected chi connectivity index (χ4v) is 2.78. The van der Waals surface area contributed by atoms with E-state index in [4.69, 9.17) is 4.74 Å². The van der Waals surface area contributed by atoms with Crippen LogP contribution in [0.4, 0.5) is 0 Å². The van der Waals surface area contributed by atoms with E-state index in [0.29, 0.717) is 13.2 Å². The lowest BCUT2D eigenvalue weighted by Gasteiger charge is -2.17. The molecule has 2 unspecified atom stereocenters. The van der Waals surface area contributed by atoms with Crippen molar-refractivity contribution in [2.45, 2.75) is 32.4 Å². The second-order valence-corrected chi connectivity index (χ2v) is 5.93. The summed E-state index contributed by atoms with van der Waals surface area (Å²) in [6, 6.07) is 10.4. The van der Waals surface area contributed by atoms with Crippen LogP contribution in [0.3, 0.4) is 0 Å². The number of ether oxygens (including phenoxy) is 1. The van der Waals surface area contributed by atoms with Crippen molar-refractivity contribution in [3.63, 3.8) is 0 Å². The van der Waals surface area contributed by atoms with E-state index in [1.54, 1.807) is 11.3 Å². The fraction of sp³-hybridized carbons (Fsp3) is 0.412. The van der Waals surface area contributed by atoms with Crippen LogP contribution in [-0.4, -0.2) is 24.4 Å². The Morgan fingerprint density at radius 2 is 2.00 bits per heavy atom. The molecule has 4 heteroatoms. The molecule has 2 atom stereocenters. The van der Waals surface area contributed by atoms with Crippen molar-refractivity contribution in [3.8, 4) is 5.75 Å². The molecule has 1 aromatic heterocycles. The van der Waals surface area contributed by atoms with E-state index in [9.17, 15) is 5.11 Å². The van der Waals surface area contributed by atoms with Gasteiger partial charge in [-0.05, 0) is 53.4 Å². The zero-order chi connectivity index (χ0) is 15.1. The smallest absolute Gasteiger partial charge is 0.119 e. The third-order valence-electron chi connectivity index (χ3n) is 3.48.